The summed E-state index contributed by atoms with van der Waals surface area (Å²) in [5.74, 6) is 1.22. The topological polar surface area (TPSA) is 46.2 Å². The van der Waals surface area contributed by atoms with Gasteiger partial charge < -0.3 is 10.8 Å². The second-order valence-corrected chi connectivity index (χ2v) is 3.26. The number of aliphatic hydroxyl groups is 1. The average molecular weight is 173 g/mol. The van der Waals surface area contributed by atoms with E-state index in [1.54, 1.807) is 6.08 Å². The van der Waals surface area contributed by atoms with E-state index in [1.807, 2.05) is 0 Å². The summed E-state index contributed by atoms with van der Waals surface area (Å²) in [5, 5.41) is 9.16. The van der Waals surface area contributed by atoms with Crippen LogP contribution in [0, 0.1) is 11.8 Å². The van der Waals surface area contributed by atoms with Gasteiger partial charge >= 0.3 is 0 Å². The van der Waals surface area contributed by atoms with E-state index >= 15 is 0 Å². The second-order valence-electron chi connectivity index (χ2n) is 3.26. The molecule has 74 valence electrons. The minimum atomic E-state index is -0.322. The molecule has 0 aromatic heterocycles. The van der Waals surface area contributed by atoms with Crippen molar-refractivity contribution in [1.29, 1.82) is 0 Å². The molecule has 0 radical (unpaired) electrons. The molecule has 2 heteroatoms. The van der Waals surface area contributed by atoms with Gasteiger partial charge in [-0.2, -0.15) is 0 Å². The maximum absolute atomic E-state index is 9.16. The third kappa shape index (κ3) is 7.76. The zero-order valence-electron chi connectivity index (χ0n) is 8.75. The molecular formula is C10H23NO. The van der Waals surface area contributed by atoms with E-state index in [0.29, 0.717) is 11.8 Å². The first-order chi connectivity index (χ1) is 5.57. The van der Waals surface area contributed by atoms with Crippen LogP contribution in [-0.4, -0.2) is 18.3 Å². The Morgan fingerprint density at radius 2 is 1.75 bits per heavy atom. The third-order valence-electron chi connectivity index (χ3n) is 2.02. The summed E-state index contributed by atoms with van der Waals surface area (Å²) in [6.07, 6.45) is 2.11. The van der Waals surface area contributed by atoms with Crippen molar-refractivity contribution in [1.82, 2.24) is 0 Å². The van der Waals surface area contributed by atoms with Crippen LogP contribution in [0.4, 0.5) is 0 Å². The molecule has 0 saturated carbocycles. The molecule has 0 aliphatic carbocycles. The van der Waals surface area contributed by atoms with Crippen molar-refractivity contribution in [2.75, 3.05) is 7.05 Å². The fourth-order valence-corrected chi connectivity index (χ4v) is 0.749. The summed E-state index contributed by atoms with van der Waals surface area (Å²) in [6, 6.07) is 0. The van der Waals surface area contributed by atoms with E-state index in [2.05, 4.69) is 33.1 Å². The largest absolute Gasteiger partial charge is 0.389 e. The molecule has 0 amide bonds. The van der Waals surface area contributed by atoms with E-state index in [-0.39, 0.29) is 6.10 Å². The molecule has 0 aliphatic rings. The van der Waals surface area contributed by atoms with E-state index in [1.165, 1.54) is 7.05 Å². The molecule has 0 aliphatic heterocycles. The summed E-state index contributed by atoms with van der Waals surface area (Å²) in [4.78, 5) is 0. The minimum absolute atomic E-state index is 0.322. The van der Waals surface area contributed by atoms with Crippen LogP contribution in [0.5, 0.6) is 0 Å². The highest BCUT2D eigenvalue weighted by Crippen LogP contribution is 2.15. The lowest BCUT2D eigenvalue weighted by Crippen LogP contribution is -2.12. The van der Waals surface area contributed by atoms with Crippen molar-refractivity contribution in [2.24, 2.45) is 17.6 Å². The molecule has 2 nitrogen and oxygen atoms in total. The number of nitrogens with two attached hydrogens (primary N) is 1. The third-order valence-corrected chi connectivity index (χ3v) is 2.02. The highest BCUT2D eigenvalue weighted by atomic mass is 16.3. The van der Waals surface area contributed by atoms with Crippen LogP contribution >= 0.6 is 0 Å². The number of hydrogen-bond acceptors (Lipinski definition) is 2. The van der Waals surface area contributed by atoms with Gasteiger partial charge in [0.15, 0.2) is 0 Å². The normalized spacial score (nSPS) is 14.6. The van der Waals surface area contributed by atoms with Gasteiger partial charge in [-0.25, -0.2) is 0 Å². The SMILES string of the molecule is C=CC(O)CC(C)C(C)C.CN. The lowest BCUT2D eigenvalue weighted by molar-refractivity contribution is 0.176. The van der Waals surface area contributed by atoms with E-state index in [9.17, 15) is 0 Å². The Balaban J connectivity index is 0. The molecule has 0 heterocycles. The van der Waals surface area contributed by atoms with Gasteiger partial charge in [-0.3, -0.25) is 0 Å². The van der Waals surface area contributed by atoms with Crippen LogP contribution in [0.1, 0.15) is 27.2 Å². The molecule has 0 aromatic carbocycles. The highest BCUT2D eigenvalue weighted by Gasteiger charge is 2.10. The number of rotatable bonds is 4. The maximum atomic E-state index is 9.16. The summed E-state index contributed by atoms with van der Waals surface area (Å²) in [5.41, 5.74) is 4.50. The van der Waals surface area contributed by atoms with E-state index in [0.717, 1.165) is 6.42 Å². The van der Waals surface area contributed by atoms with Gasteiger partial charge in [0.25, 0.3) is 0 Å². The van der Waals surface area contributed by atoms with Crippen molar-refractivity contribution >= 4 is 0 Å². The van der Waals surface area contributed by atoms with Crippen molar-refractivity contribution in [3.63, 3.8) is 0 Å². The second kappa shape index (κ2) is 8.75. The lowest BCUT2D eigenvalue weighted by atomic mass is 9.92. The molecule has 2 atom stereocenters. The summed E-state index contributed by atoms with van der Waals surface area (Å²) in [6.45, 7) is 10.0. The van der Waals surface area contributed by atoms with Crippen molar-refractivity contribution in [2.45, 2.75) is 33.3 Å². The fourth-order valence-electron chi connectivity index (χ4n) is 0.749. The Kier molecular flexibility index (Phi) is 10.4. The maximum Gasteiger partial charge on any atom is 0.0720 e. The Hall–Kier alpha value is -0.340. The Bertz CT molecular complexity index is 102. The molecule has 0 fully saturated rings. The molecule has 0 saturated heterocycles. The molecular weight excluding hydrogens is 150 g/mol. The van der Waals surface area contributed by atoms with Crippen LogP contribution in [0.2, 0.25) is 0 Å². The summed E-state index contributed by atoms with van der Waals surface area (Å²) < 4.78 is 0. The van der Waals surface area contributed by atoms with Crippen LogP contribution < -0.4 is 5.73 Å². The van der Waals surface area contributed by atoms with Gasteiger partial charge in [-0.15, -0.1) is 6.58 Å². The zero-order chi connectivity index (χ0) is 10.1. The molecule has 0 rings (SSSR count). The van der Waals surface area contributed by atoms with Crippen LogP contribution in [-0.2, 0) is 0 Å². The average Bonchev–Trinajstić information content (AvgIpc) is 2.07. The lowest BCUT2D eigenvalue weighted by Gasteiger charge is -2.16. The fraction of sp³-hybridized carbons (Fsp3) is 0.800. The molecule has 0 bridgehead atoms. The first-order valence-electron chi connectivity index (χ1n) is 4.46. The Labute approximate surface area is 76.5 Å². The van der Waals surface area contributed by atoms with Crippen LogP contribution in [0.25, 0.3) is 0 Å². The van der Waals surface area contributed by atoms with Gasteiger partial charge in [0.1, 0.15) is 0 Å². The van der Waals surface area contributed by atoms with E-state index in [4.69, 9.17) is 5.11 Å². The van der Waals surface area contributed by atoms with Crippen LogP contribution in [0.15, 0.2) is 12.7 Å². The standard InChI is InChI=1S/C9H18O.CH5N/c1-5-9(10)6-8(4)7(2)3;1-2/h5,7-10H,1,6H2,2-4H3;2H2,1H3. The van der Waals surface area contributed by atoms with Crippen molar-refractivity contribution < 1.29 is 5.11 Å². The smallest absolute Gasteiger partial charge is 0.0720 e. The molecule has 0 aromatic rings. The molecule has 3 N–H and O–H groups in total. The Morgan fingerprint density at radius 1 is 1.33 bits per heavy atom. The number of aliphatic hydroxyl groups excluding tert-OH is 1. The number of hydrogen-bond donors (Lipinski definition) is 2. The van der Waals surface area contributed by atoms with Gasteiger partial charge in [-0.05, 0) is 25.3 Å². The quantitative estimate of drug-likeness (QED) is 0.637. The van der Waals surface area contributed by atoms with Gasteiger partial charge in [0.05, 0.1) is 6.10 Å². The monoisotopic (exact) mass is 173 g/mol. The Morgan fingerprint density at radius 3 is 2.00 bits per heavy atom. The molecule has 0 spiro atoms. The summed E-state index contributed by atoms with van der Waals surface area (Å²) in [7, 11) is 1.50. The molecule has 12 heavy (non-hydrogen) atoms. The first-order valence-corrected chi connectivity index (χ1v) is 4.46. The van der Waals surface area contributed by atoms with Gasteiger partial charge in [0, 0.05) is 0 Å². The first kappa shape index (κ1) is 14.2. The van der Waals surface area contributed by atoms with Crippen LogP contribution in [0.3, 0.4) is 0 Å². The highest BCUT2D eigenvalue weighted by molar-refractivity contribution is 4.79. The zero-order valence-corrected chi connectivity index (χ0v) is 8.75. The van der Waals surface area contributed by atoms with Crippen molar-refractivity contribution in [3.8, 4) is 0 Å². The predicted octanol–water partition coefficient (Wildman–Crippen LogP) is 1.79. The van der Waals surface area contributed by atoms with Crippen molar-refractivity contribution in [3.05, 3.63) is 12.7 Å². The minimum Gasteiger partial charge on any atom is -0.389 e. The van der Waals surface area contributed by atoms with Gasteiger partial charge in [0.2, 0.25) is 0 Å². The molecule has 2 unspecified atom stereocenters. The summed E-state index contributed by atoms with van der Waals surface area (Å²) >= 11 is 0. The van der Waals surface area contributed by atoms with Gasteiger partial charge in [-0.1, -0.05) is 26.8 Å². The predicted molar refractivity (Wildman–Crippen MR) is 54.9 cm³/mol. The van der Waals surface area contributed by atoms with E-state index < -0.39 is 0 Å².